The van der Waals surface area contributed by atoms with Gasteiger partial charge in [-0.05, 0) is 18.8 Å². The molecule has 0 bridgehead atoms. The van der Waals surface area contributed by atoms with E-state index in [4.69, 9.17) is 10.8 Å². The molecule has 0 unspecified atom stereocenters. The van der Waals surface area contributed by atoms with Crippen LogP contribution < -0.4 is 5.73 Å². The number of nitrogens with zero attached hydrogens (tertiary/aromatic N) is 1. The van der Waals surface area contributed by atoms with E-state index in [2.05, 4.69) is 0 Å². The molecule has 1 heterocycles. The zero-order valence-electron chi connectivity index (χ0n) is 7.40. The fraction of sp³-hybridized carbons (Fsp3) is 0.750. The fourth-order valence-electron chi connectivity index (χ4n) is 1.69. The lowest BCUT2D eigenvalue weighted by Crippen LogP contribution is -2.40. The number of hydrogen-bond acceptors (Lipinski definition) is 2. The molecule has 74 valence electrons. The van der Waals surface area contributed by atoms with Gasteiger partial charge in [-0.1, -0.05) is 0 Å². The molecule has 0 saturated carbocycles. The van der Waals surface area contributed by atoms with E-state index in [-0.39, 0.29) is 11.8 Å². The molecule has 5 nitrogen and oxygen atoms in total. The predicted octanol–water partition coefficient (Wildman–Crippen LogP) is 0.252. The van der Waals surface area contributed by atoms with E-state index in [1.807, 2.05) is 0 Å². The Hall–Kier alpha value is -1.26. The minimum absolute atomic E-state index is 0.113. The van der Waals surface area contributed by atoms with Crippen LogP contribution in [-0.2, 0) is 4.79 Å². The standard InChI is InChI=1S/C8H14N2O3/c9-7(11)4-6-2-1-3-10(5-6)8(12)13/h6H,1-5H2,(H2,9,11)(H,12,13)/t6-/m0/s1. The molecule has 0 spiro atoms. The molecule has 2 amide bonds. The molecular weight excluding hydrogens is 172 g/mol. The smallest absolute Gasteiger partial charge is 0.407 e. The maximum atomic E-state index is 10.6. The highest BCUT2D eigenvalue weighted by Crippen LogP contribution is 2.18. The summed E-state index contributed by atoms with van der Waals surface area (Å²) in [6, 6.07) is 0. The summed E-state index contributed by atoms with van der Waals surface area (Å²) in [6.07, 6.45) is 1.11. The molecule has 1 fully saturated rings. The third-order valence-corrected chi connectivity index (χ3v) is 2.28. The number of primary amides is 1. The van der Waals surface area contributed by atoms with Gasteiger partial charge in [0.2, 0.25) is 5.91 Å². The lowest BCUT2D eigenvalue weighted by molar-refractivity contribution is -0.119. The maximum Gasteiger partial charge on any atom is 0.407 e. The molecule has 1 saturated heterocycles. The number of hydrogen-bond donors (Lipinski definition) is 2. The van der Waals surface area contributed by atoms with Crippen LogP contribution in [0.1, 0.15) is 19.3 Å². The number of piperidine rings is 1. The van der Waals surface area contributed by atoms with Crippen molar-refractivity contribution < 1.29 is 14.7 Å². The molecule has 1 rings (SSSR count). The van der Waals surface area contributed by atoms with Gasteiger partial charge in [0.05, 0.1) is 0 Å². The Morgan fingerprint density at radius 1 is 1.54 bits per heavy atom. The van der Waals surface area contributed by atoms with E-state index in [9.17, 15) is 9.59 Å². The van der Waals surface area contributed by atoms with E-state index in [1.165, 1.54) is 4.90 Å². The highest BCUT2D eigenvalue weighted by molar-refractivity contribution is 5.74. The second-order valence-electron chi connectivity index (χ2n) is 3.41. The molecule has 1 aliphatic rings. The minimum atomic E-state index is -0.908. The van der Waals surface area contributed by atoms with Crippen LogP contribution >= 0.6 is 0 Å². The fourth-order valence-corrected chi connectivity index (χ4v) is 1.69. The molecule has 3 N–H and O–H groups in total. The van der Waals surface area contributed by atoms with Gasteiger partial charge in [-0.15, -0.1) is 0 Å². The third-order valence-electron chi connectivity index (χ3n) is 2.28. The van der Waals surface area contributed by atoms with Crippen molar-refractivity contribution in [1.29, 1.82) is 0 Å². The van der Waals surface area contributed by atoms with Crippen molar-refractivity contribution in [3.8, 4) is 0 Å². The monoisotopic (exact) mass is 186 g/mol. The zero-order valence-corrected chi connectivity index (χ0v) is 7.40. The Kier molecular flexibility index (Phi) is 3.11. The molecule has 1 aliphatic heterocycles. The van der Waals surface area contributed by atoms with Gasteiger partial charge in [0, 0.05) is 19.5 Å². The van der Waals surface area contributed by atoms with Crippen LogP contribution in [0, 0.1) is 5.92 Å². The Balaban J connectivity index is 2.41. The molecular formula is C8H14N2O3. The van der Waals surface area contributed by atoms with Gasteiger partial charge < -0.3 is 15.7 Å². The molecule has 13 heavy (non-hydrogen) atoms. The number of amides is 2. The first-order valence-electron chi connectivity index (χ1n) is 4.35. The van der Waals surface area contributed by atoms with Crippen molar-refractivity contribution in [3.05, 3.63) is 0 Å². The van der Waals surface area contributed by atoms with Crippen LogP contribution in [0.2, 0.25) is 0 Å². The summed E-state index contributed by atoms with van der Waals surface area (Å²) >= 11 is 0. The summed E-state index contributed by atoms with van der Waals surface area (Å²) in [4.78, 5) is 22.5. The maximum absolute atomic E-state index is 10.6. The second-order valence-corrected chi connectivity index (χ2v) is 3.41. The summed E-state index contributed by atoms with van der Waals surface area (Å²) in [6.45, 7) is 1.02. The second kappa shape index (κ2) is 4.11. The third kappa shape index (κ3) is 2.93. The average molecular weight is 186 g/mol. The molecule has 0 aromatic heterocycles. The van der Waals surface area contributed by atoms with Crippen LogP contribution in [0.15, 0.2) is 0 Å². The highest BCUT2D eigenvalue weighted by Gasteiger charge is 2.23. The van der Waals surface area contributed by atoms with Gasteiger partial charge in [-0.3, -0.25) is 4.79 Å². The normalized spacial score (nSPS) is 22.8. The Morgan fingerprint density at radius 3 is 2.77 bits per heavy atom. The van der Waals surface area contributed by atoms with E-state index in [0.717, 1.165) is 12.8 Å². The van der Waals surface area contributed by atoms with E-state index < -0.39 is 6.09 Å². The molecule has 0 aliphatic carbocycles. The highest BCUT2D eigenvalue weighted by atomic mass is 16.4. The number of carbonyl (C=O) groups is 2. The zero-order chi connectivity index (χ0) is 9.84. The number of carboxylic acid groups (broad SMARTS) is 1. The van der Waals surface area contributed by atoms with Gasteiger partial charge in [-0.2, -0.15) is 0 Å². The van der Waals surface area contributed by atoms with Crippen LogP contribution in [-0.4, -0.2) is 35.1 Å². The summed E-state index contributed by atoms with van der Waals surface area (Å²) < 4.78 is 0. The quantitative estimate of drug-likeness (QED) is 0.648. The Morgan fingerprint density at radius 2 is 2.23 bits per heavy atom. The van der Waals surface area contributed by atoms with Crippen LogP contribution in [0.3, 0.4) is 0 Å². The lowest BCUT2D eigenvalue weighted by Gasteiger charge is -2.29. The number of nitrogens with two attached hydrogens (primary N) is 1. The van der Waals surface area contributed by atoms with Crippen molar-refractivity contribution in [1.82, 2.24) is 4.90 Å². The molecule has 0 aromatic rings. The SMILES string of the molecule is NC(=O)C[C@@H]1CCCN(C(=O)O)C1. The van der Waals surface area contributed by atoms with Gasteiger partial charge in [0.15, 0.2) is 0 Å². The summed E-state index contributed by atoms with van der Waals surface area (Å²) in [5.74, 6) is -0.236. The van der Waals surface area contributed by atoms with E-state index in [1.54, 1.807) is 0 Å². The van der Waals surface area contributed by atoms with Crippen LogP contribution in [0.25, 0.3) is 0 Å². The van der Waals surface area contributed by atoms with Gasteiger partial charge in [0.25, 0.3) is 0 Å². The largest absolute Gasteiger partial charge is 0.465 e. The predicted molar refractivity (Wildman–Crippen MR) is 46.1 cm³/mol. The first-order valence-corrected chi connectivity index (χ1v) is 4.35. The molecule has 5 heteroatoms. The average Bonchev–Trinajstić information content (AvgIpc) is 2.03. The van der Waals surface area contributed by atoms with Gasteiger partial charge in [0.1, 0.15) is 0 Å². The van der Waals surface area contributed by atoms with Crippen LogP contribution in [0.5, 0.6) is 0 Å². The lowest BCUT2D eigenvalue weighted by atomic mass is 9.95. The van der Waals surface area contributed by atoms with Crippen molar-refractivity contribution >= 4 is 12.0 Å². The number of rotatable bonds is 2. The van der Waals surface area contributed by atoms with Gasteiger partial charge in [-0.25, -0.2) is 4.79 Å². The van der Waals surface area contributed by atoms with Crippen molar-refractivity contribution in [2.75, 3.05) is 13.1 Å². The van der Waals surface area contributed by atoms with Crippen molar-refractivity contribution in [2.45, 2.75) is 19.3 Å². The number of carbonyl (C=O) groups excluding carboxylic acids is 1. The Labute approximate surface area is 76.5 Å². The minimum Gasteiger partial charge on any atom is -0.465 e. The Bertz CT molecular complexity index is 217. The van der Waals surface area contributed by atoms with E-state index >= 15 is 0 Å². The van der Waals surface area contributed by atoms with Crippen molar-refractivity contribution in [3.63, 3.8) is 0 Å². The first-order chi connectivity index (χ1) is 6.09. The van der Waals surface area contributed by atoms with Crippen molar-refractivity contribution in [2.24, 2.45) is 11.7 Å². The number of likely N-dealkylation sites (tertiary alicyclic amines) is 1. The summed E-state index contributed by atoms with van der Waals surface area (Å²) in [7, 11) is 0. The summed E-state index contributed by atoms with van der Waals surface area (Å²) in [5.41, 5.74) is 5.04. The first kappa shape index (κ1) is 9.83. The topological polar surface area (TPSA) is 83.6 Å². The van der Waals surface area contributed by atoms with Crippen LogP contribution in [0.4, 0.5) is 4.79 Å². The van der Waals surface area contributed by atoms with E-state index in [0.29, 0.717) is 19.5 Å². The molecule has 0 radical (unpaired) electrons. The molecule has 0 aromatic carbocycles. The van der Waals surface area contributed by atoms with Gasteiger partial charge >= 0.3 is 6.09 Å². The summed E-state index contributed by atoms with van der Waals surface area (Å²) in [5, 5.41) is 8.70. The molecule has 1 atom stereocenters.